The minimum absolute atomic E-state index is 0.0657. The van der Waals surface area contributed by atoms with E-state index in [9.17, 15) is 9.59 Å². The average Bonchev–Trinajstić information content (AvgIpc) is 3.18. The Kier molecular flexibility index (Phi) is 6.05. The molecule has 1 fully saturated rings. The summed E-state index contributed by atoms with van der Waals surface area (Å²) in [7, 11) is 0. The second-order valence-corrected chi connectivity index (χ2v) is 7.06. The number of rotatable bonds is 6. The molecule has 2 aliphatic heterocycles. The van der Waals surface area contributed by atoms with Crippen LogP contribution in [0.2, 0.25) is 0 Å². The summed E-state index contributed by atoms with van der Waals surface area (Å²) >= 11 is 0. The van der Waals surface area contributed by atoms with Crippen LogP contribution in [0.3, 0.4) is 0 Å². The normalized spacial score (nSPS) is 21.4. The zero-order valence-corrected chi connectivity index (χ0v) is 16.8. The minimum atomic E-state index is -1.09. The number of benzene rings is 1. The Hall–Kier alpha value is -2.38. The van der Waals surface area contributed by atoms with Crippen molar-refractivity contribution in [2.75, 3.05) is 33.0 Å². The fourth-order valence-corrected chi connectivity index (χ4v) is 3.78. The van der Waals surface area contributed by atoms with E-state index in [1.165, 1.54) is 0 Å². The van der Waals surface area contributed by atoms with Gasteiger partial charge in [0.05, 0.1) is 19.8 Å². The average molecular weight is 390 g/mol. The van der Waals surface area contributed by atoms with E-state index >= 15 is 0 Å². The first-order chi connectivity index (χ1) is 13.4. The molecule has 7 heteroatoms. The van der Waals surface area contributed by atoms with Crippen molar-refractivity contribution >= 4 is 17.7 Å². The molecule has 7 nitrogen and oxygen atoms in total. The lowest BCUT2D eigenvalue weighted by atomic mass is 9.90. The highest BCUT2D eigenvalue weighted by Gasteiger charge is 2.54. The zero-order valence-electron chi connectivity index (χ0n) is 16.8. The Morgan fingerprint density at radius 3 is 2.50 bits per heavy atom. The van der Waals surface area contributed by atoms with Crippen LogP contribution in [-0.2, 0) is 28.5 Å². The summed E-state index contributed by atoms with van der Waals surface area (Å²) in [5.74, 6) is -0.343. The standard InChI is InChI=1S/C21H26O7/c1-5-24-8-9-26-20(23)27-18-17(16-14(3)10-13(2)11-15(16)4)19(22)28-21(18)6-7-25-12-21/h10-11H,5-9,12H2,1-4H3. The molecule has 1 spiro atoms. The van der Waals surface area contributed by atoms with Gasteiger partial charge in [-0.3, -0.25) is 0 Å². The summed E-state index contributed by atoms with van der Waals surface area (Å²) in [6.45, 7) is 9.12. The molecule has 1 unspecified atom stereocenters. The Labute approximate surface area is 164 Å². The topological polar surface area (TPSA) is 80.3 Å². The van der Waals surface area contributed by atoms with Gasteiger partial charge in [-0.05, 0) is 44.4 Å². The molecule has 0 saturated carbocycles. The van der Waals surface area contributed by atoms with Crippen molar-refractivity contribution in [2.24, 2.45) is 0 Å². The van der Waals surface area contributed by atoms with E-state index in [0.717, 1.165) is 22.3 Å². The largest absolute Gasteiger partial charge is 0.513 e. The fraction of sp³-hybridized carbons (Fsp3) is 0.524. The van der Waals surface area contributed by atoms with E-state index in [-0.39, 0.29) is 31.2 Å². The Morgan fingerprint density at radius 1 is 1.18 bits per heavy atom. The van der Waals surface area contributed by atoms with Crippen LogP contribution >= 0.6 is 0 Å². The number of hydrogen-bond donors (Lipinski definition) is 0. The van der Waals surface area contributed by atoms with Crippen LogP contribution in [0.4, 0.5) is 4.79 Å². The number of hydrogen-bond acceptors (Lipinski definition) is 7. The third kappa shape index (κ3) is 3.91. The van der Waals surface area contributed by atoms with Crippen molar-refractivity contribution in [3.63, 3.8) is 0 Å². The van der Waals surface area contributed by atoms with Crippen molar-refractivity contribution in [2.45, 2.75) is 39.7 Å². The highest BCUT2D eigenvalue weighted by Crippen LogP contribution is 2.45. The van der Waals surface area contributed by atoms with Crippen molar-refractivity contribution in [3.05, 3.63) is 40.1 Å². The van der Waals surface area contributed by atoms with Gasteiger partial charge in [0.25, 0.3) is 0 Å². The Balaban J connectivity index is 1.98. The van der Waals surface area contributed by atoms with E-state index < -0.39 is 17.7 Å². The second kappa shape index (κ2) is 8.32. The van der Waals surface area contributed by atoms with Gasteiger partial charge in [0.2, 0.25) is 0 Å². The van der Waals surface area contributed by atoms with Crippen LogP contribution < -0.4 is 0 Å². The maximum Gasteiger partial charge on any atom is 0.513 e. The molecule has 1 aromatic carbocycles. The van der Waals surface area contributed by atoms with Crippen LogP contribution in [0, 0.1) is 20.8 Å². The van der Waals surface area contributed by atoms with E-state index in [1.54, 1.807) is 0 Å². The Morgan fingerprint density at radius 2 is 1.89 bits per heavy atom. The highest BCUT2D eigenvalue weighted by atomic mass is 16.7. The van der Waals surface area contributed by atoms with Crippen LogP contribution in [0.1, 0.15) is 35.6 Å². The van der Waals surface area contributed by atoms with Gasteiger partial charge in [-0.25, -0.2) is 9.59 Å². The van der Waals surface area contributed by atoms with Gasteiger partial charge in [-0.15, -0.1) is 0 Å². The summed E-state index contributed by atoms with van der Waals surface area (Å²) < 4.78 is 26.9. The predicted molar refractivity (Wildman–Crippen MR) is 101 cm³/mol. The monoisotopic (exact) mass is 390 g/mol. The summed E-state index contributed by atoms with van der Waals surface area (Å²) in [6, 6.07) is 3.97. The summed E-state index contributed by atoms with van der Waals surface area (Å²) in [5, 5.41) is 0. The summed E-state index contributed by atoms with van der Waals surface area (Å²) in [6.07, 6.45) is -0.465. The van der Waals surface area contributed by atoms with Gasteiger partial charge in [0, 0.05) is 13.0 Å². The van der Waals surface area contributed by atoms with Gasteiger partial charge in [0.15, 0.2) is 11.4 Å². The lowest BCUT2D eigenvalue weighted by molar-refractivity contribution is -0.147. The highest BCUT2D eigenvalue weighted by molar-refractivity contribution is 6.20. The molecule has 0 N–H and O–H groups in total. The minimum Gasteiger partial charge on any atom is -0.445 e. The predicted octanol–water partition coefficient (Wildman–Crippen LogP) is 3.23. The molecular weight excluding hydrogens is 364 g/mol. The molecule has 0 aliphatic carbocycles. The molecular formula is C21H26O7. The molecule has 0 radical (unpaired) electrons. The molecule has 1 saturated heterocycles. The first-order valence-electron chi connectivity index (χ1n) is 9.44. The molecule has 1 aromatic rings. The van der Waals surface area contributed by atoms with Gasteiger partial charge in [-0.1, -0.05) is 17.7 Å². The molecule has 3 rings (SSSR count). The summed E-state index contributed by atoms with van der Waals surface area (Å²) in [4.78, 5) is 25.1. The zero-order chi connectivity index (χ0) is 20.3. The Bertz CT molecular complexity index is 780. The molecule has 28 heavy (non-hydrogen) atoms. The van der Waals surface area contributed by atoms with Crippen molar-refractivity contribution in [1.29, 1.82) is 0 Å². The van der Waals surface area contributed by atoms with E-state index in [2.05, 4.69) is 0 Å². The van der Waals surface area contributed by atoms with Crippen molar-refractivity contribution < 1.29 is 33.3 Å². The second-order valence-electron chi connectivity index (χ2n) is 7.06. The number of ether oxygens (including phenoxy) is 5. The summed E-state index contributed by atoms with van der Waals surface area (Å²) in [5.41, 5.74) is 2.80. The van der Waals surface area contributed by atoms with Gasteiger partial charge in [0.1, 0.15) is 12.2 Å². The van der Waals surface area contributed by atoms with Crippen LogP contribution in [0.15, 0.2) is 17.9 Å². The SMILES string of the molecule is CCOCCOC(=O)OC1=C(c2c(C)cc(C)cc2C)C(=O)OC12CCOC2. The van der Waals surface area contributed by atoms with Crippen LogP contribution in [-0.4, -0.2) is 50.8 Å². The lowest BCUT2D eigenvalue weighted by Crippen LogP contribution is -2.34. The number of esters is 1. The third-order valence-corrected chi connectivity index (χ3v) is 4.88. The maximum absolute atomic E-state index is 12.8. The molecule has 1 atom stereocenters. The van der Waals surface area contributed by atoms with Crippen LogP contribution in [0.5, 0.6) is 0 Å². The maximum atomic E-state index is 12.8. The van der Waals surface area contributed by atoms with Crippen LogP contribution in [0.25, 0.3) is 5.57 Å². The van der Waals surface area contributed by atoms with Gasteiger partial charge >= 0.3 is 12.1 Å². The first kappa shape index (κ1) is 20.4. The first-order valence-corrected chi connectivity index (χ1v) is 9.44. The lowest BCUT2D eigenvalue weighted by Gasteiger charge is -2.23. The smallest absolute Gasteiger partial charge is 0.445 e. The molecule has 0 amide bonds. The van der Waals surface area contributed by atoms with Crippen molar-refractivity contribution in [3.8, 4) is 0 Å². The van der Waals surface area contributed by atoms with Crippen molar-refractivity contribution in [1.82, 2.24) is 0 Å². The van der Waals surface area contributed by atoms with E-state index in [0.29, 0.717) is 19.6 Å². The number of aryl methyl sites for hydroxylation is 3. The molecule has 2 heterocycles. The molecule has 0 bridgehead atoms. The van der Waals surface area contributed by atoms with Gasteiger partial charge in [-0.2, -0.15) is 0 Å². The quantitative estimate of drug-likeness (QED) is 0.545. The number of carbonyl (C=O) groups excluding carboxylic acids is 2. The third-order valence-electron chi connectivity index (χ3n) is 4.88. The number of carbonyl (C=O) groups is 2. The fourth-order valence-electron chi connectivity index (χ4n) is 3.78. The molecule has 152 valence electrons. The molecule has 0 aromatic heterocycles. The van der Waals surface area contributed by atoms with E-state index in [4.69, 9.17) is 23.7 Å². The van der Waals surface area contributed by atoms with E-state index in [1.807, 2.05) is 39.8 Å². The molecule has 2 aliphatic rings. The van der Waals surface area contributed by atoms with Gasteiger partial charge < -0.3 is 23.7 Å².